The number of aromatic nitrogens is 1. The molecule has 14 heavy (non-hydrogen) atoms. The maximum absolute atomic E-state index is 11.4. The molecule has 1 aromatic heterocycles. The number of aliphatic hydroxyl groups excluding tert-OH is 1. The van der Waals surface area contributed by atoms with Crippen molar-refractivity contribution < 1.29 is 9.90 Å². The van der Waals surface area contributed by atoms with Gasteiger partial charge in [0.05, 0.1) is 24.8 Å². The van der Waals surface area contributed by atoms with Gasteiger partial charge >= 0.3 is 0 Å². The first-order valence-electron chi connectivity index (χ1n) is 4.37. The van der Waals surface area contributed by atoms with Crippen LogP contribution in [0.5, 0.6) is 0 Å². The molecule has 1 unspecified atom stereocenters. The number of β-amino-alcohol motifs (C(OH)–C–C–N with tert-alkyl or cyclic N) is 1. The van der Waals surface area contributed by atoms with Crippen molar-refractivity contribution in [2.75, 3.05) is 17.2 Å². The molecule has 5 nitrogen and oxygen atoms in total. The Balaban J connectivity index is 2.32. The van der Waals surface area contributed by atoms with E-state index >= 15 is 0 Å². The number of rotatable bonds is 1. The fraction of sp³-hybridized carbons (Fsp3) is 0.333. The summed E-state index contributed by atoms with van der Waals surface area (Å²) >= 11 is 0. The summed E-state index contributed by atoms with van der Waals surface area (Å²) in [5.74, 6) is 0.201. The molecular formula is C9H11N3O2. The summed E-state index contributed by atoms with van der Waals surface area (Å²) in [5.41, 5.74) is 6.20. The Morgan fingerprint density at radius 1 is 1.64 bits per heavy atom. The lowest BCUT2D eigenvalue weighted by molar-refractivity contribution is -0.117. The molecule has 1 fully saturated rings. The fourth-order valence-corrected chi connectivity index (χ4v) is 1.56. The lowest BCUT2D eigenvalue weighted by atomic mass is 10.3. The van der Waals surface area contributed by atoms with Crippen molar-refractivity contribution in [1.82, 2.24) is 4.98 Å². The predicted molar refractivity (Wildman–Crippen MR) is 51.6 cm³/mol. The van der Waals surface area contributed by atoms with E-state index in [9.17, 15) is 9.90 Å². The minimum Gasteiger partial charge on any atom is -0.391 e. The molecule has 1 amide bonds. The third-order valence-electron chi connectivity index (χ3n) is 2.21. The van der Waals surface area contributed by atoms with Gasteiger partial charge in [-0.1, -0.05) is 0 Å². The summed E-state index contributed by atoms with van der Waals surface area (Å²) < 4.78 is 0. The molecule has 74 valence electrons. The molecule has 1 saturated heterocycles. The number of carbonyl (C=O) groups excluding carboxylic acids is 1. The smallest absolute Gasteiger partial charge is 0.229 e. The standard InChI is InChI=1S/C9H11N3O2/c10-9-7(2-1-3-11-9)12-5-6(13)4-8(12)14/h1-3,6,13H,4-5H2,(H2,10,11). The number of nitrogens with two attached hydrogens (primary N) is 1. The lowest BCUT2D eigenvalue weighted by Gasteiger charge is -2.16. The quantitative estimate of drug-likeness (QED) is 0.645. The number of amides is 1. The van der Waals surface area contributed by atoms with E-state index in [-0.39, 0.29) is 12.3 Å². The van der Waals surface area contributed by atoms with Crippen molar-refractivity contribution >= 4 is 17.4 Å². The number of pyridine rings is 1. The highest BCUT2D eigenvalue weighted by Crippen LogP contribution is 2.25. The highest BCUT2D eigenvalue weighted by atomic mass is 16.3. The molecule has 1 atom stereocenters. The molecule has 1 aromatic rings. The van der Waals surface area contributed by atoms with Crippen molar-refractivity contribution in [3.63, 3.8) is 0 Å². The number of aliphatic hydroxyl groups is 1. The maximum Gasteiger partial charge on any atom is 0.229 e. The fourth-order valence-electron chi connectivity index (χ4n) is 1.56. The van der Waals surface area contributed by atoms with Gasteiger partial charge in [0.1, 0.15) is 5.82 Å². The van der Waals surface area contributed by atoms with Crippen LogP contribution in [0, 0.1) is 0 Å². The average molecular weight is 193 g/mol. The van der Waals surface area contributed by atoms with Crippen LogP contribution in [-0.4, -0.2) is 28.6 Å². The molecule has 2 heterocycles. The summed E-state index contributed by atoms with van der Waals surface area (Å²) in [7, 11) is 0. The van der Waals surface area contributed by atoms with E-state index in [1.807, 2.05) is 0 Å². The minimum atomic E-state index is -0.595. The molecule has 1 aliphatic heterocycles. The van der Waals surface area contributed by atoms with Gasteiger partial charge in [-0.15, -0.1) is 0 Å². The van der Waals surface area contributed by atoms with Gasteiger partial charge in [-0.3, -0.25) is 4.79 Å². The van der Waals surface area contributed by atoms with Gasteiger partial charge in [-0.25, -0.2) is 4.98 Å². The number of carbonyl (C=O) groups is 1. The molecule has 3 N–H and O–H groups in total. The molecule has 5 heteroatoms. The second-order valence-electron chi connectivity index (χ2n) is 3.27. The summed E-state index contributed by atoms with van der Waals surface area (Å²) in [4.78, 5) is 16.8. The maximum atomic E-state index is 11.4. The van der Waals surface area contributed by atoms with Crippen LogP contribution in [0.3, 0.4) is 0 Å². The topological polar surface area (TPSA) is 79.4 Å². The van der Waals surface area contributed by atoms with Crippen LogP contribution in [0.4, 0.5) is 11.5 Å². The van der Waals surface area contributed by atoms with Gasteiger partial charge in [0, 0.05) is 6.20 Å². The van der Waals surface area contributed by atoms with E-state index in [0.29, 0.717) is 18.1 Å². The number of hydrogen-bond acceptors (Lipinski definition) is 4. The Kier molecular flexibility index (Phi) is 2.09. The summed E-state index contributed by atoms with van der Waals surface area (Å²) in [5, 5.41) is 9.30. The molecule has 0 radical (unpaired) electrons. The molecule has 1 aliphatic rings. The number of nitrogen functional groups attached to an aromatic ring is 1. The van der Waals surface area contributed by atoms with E-state index in [2.05, 4.69) is 4.98 Å². The first-order chi connectivity index (χ1) is 6.68. The zero-order chi connectivity index (χ0) is 10.1. The highest BCUT2D eigenvalue weighted by Gasteiger charge is 2.30. The van der Waals surface area contributed by atoms with E-state index < -0.39 is 6.10 Å². The second kappa shape index (κ2) is 3.26. The van der Waals surface area contributed by atoms with Gasteiger partial charge < -0.3 is 15.7 Å². The van der Waals surface area contributed by atoms with Crippen LogP contribution < -0.4 is 10.6 Å². The third-order valence-corrected chi connectivity index (χ3v) is 2.21. The predicted octanol–water partition coefficient (Wildman–Crippen LogP) is -0.239. The molecule has 0 spiro atoms. The Bertz CT molecular complexity index is 367. The summed E-state index contributed by atoms with van der Waals surface area (Å²) in [6.45, 7) is 0.300. The van der Waals surface area contributed by atoms with Crippen LogP contribution in [0.25, 0.3) is 0 Å². The first-order valence-corrected chi connectivity index (χ1v) is 4.37. The van der Waals surface area contributed by atoms with Crippen LogP contribution in [0.2, 0.25) is 0 Å². The highest BCUT2D eigenvalue weighted by molar-refractivity contribution is 5.98. The van der Waals surface area contributed by atoms with Crippen molar-refractivity contribution in [3.05, 3.63) is 18.3 Å². The van der Waals surface area contributed by atoms with Crippen LogP contribution >= 0.6 is 0 Å². The van der Waals surface area contributed by atoms with Crippen molar-refractivity contribution in [3.8, 4) is 0 Å². The van der Waals surface area contributed by atoms with Crippen molar-refractivity contribution in [2.24, 2.45) is 0 Å². The minimum absolute atomic E-state index is 0.114. The molecular weight excluding hydrogens is 182 g/mol. The summed E-state index contributed by atoms with van der Waals surface area (Å²) in [6, 6.07) is 3.43. The number of anilines is 2. The molecule has 2 rings (SSSR count). The molecule has 0 bridgehead atoms. The van der Waals surface area contributed by atoms with Crippen molar-refractivity contribution in [2.45, 2.75) is 12.5 Å². The zero-order valence-electron chi connectivity index (χ0n) is 7.55. The second-order valence-corrected chi connectivity index (χ2v) is 3.27. The lowest BCUT2D eigenvalue weighted by Crippen LogP contribution is -2.26. The Morgan fingerprint density at radius 2 is 2.43 bits per heavy atom. The van der Waals surface area contributed by atoms with Gasteiger partial charge in [0.2, 0.25) is 5.91 Å². The van der Waals surface area contributed by atoms with E-state index in [1.165, 1.54) is 4.90 Å². The zero-order valence-corrected chi connectivity index (χ0v) is 7.55. The SMILES string of the molecule is Nc1ncccc1N1CC(O)CC1=O. The third kappa shape index (κ3) is 1.42. The average Bonchev–Trinajstić information content (AvgIpc) is 2.46. The van der Waals surface area contributed by atoms with Gasteiger partial charge in [-0.05, 0) is 12.1 Å². The van der Waals surface area contributed by atoms with E-state index in [4.69, 9.17) is 5.73 Å². The largest absolute Gasteiger partial charge is 0.391 e. The van der Waals surface area contributed by atoms with Crippen LogP contribution in [-0.2, 0) is 4.79 Å². The van der Waals surface area contributed by atoms with Gasteiger partial charge in [0.15, 0.2) is 0 Å². The van der Waals surface area contributed by atoms with Gasteiger partial charge in [0.25, 0.3) is 0 Å². The molecule has 0 saturated carbocycles. The monoisotopic (exact) mass is 193 g/mol. The van der Waals surface area contributed by atoms with Crippen molar-refractivity contribution in [1.29, 1.82) is 0 Å². The number of hydrogen-bond donors (Lipinski definition) is 2. The van der Waals surface area contributed by atoms with E-state index in [0.717, 1.165) is 0 Å². The van der Waals surface area contributed by atoms with Crippen LogP contribution in [0.1, 0.15) is 6.42 Å². The number of nitrogens with zero attached hydrogens (tertiary/aromatic N) is 2. The van der Waals surface area contributed by atoms with Crippen LogP contribution in [0.15, 0.2) is 18.3 Å². The summed E-state index contributed by atoms with van der Waals surface area (Å²) in [6.07, 6.45) is 1.13. The Morgan fingerprint density at radius 3 is 3.00 bits per heavy atom. The molecule has 0 aliphatic carbocycles. The Hall–Kier alpha value is -1.62. The van der Waals surface area contributed by atoms with Gasteiger partial charge in [-0.2, -0.15) is 0 Å². The Labute approximate surface area is 81.2 Å². The molecule has 0 aromatic carbocycles. The first kappa shape index (κ1) is 8.96. The van der Waals surface area contributed by atoms with E-state index in [1.54, 1.807) is 18.3 Å². The normalized spacial score (nSPS) is 21.6.